The van der Waals surface area contributed by atoms with Crippen LogP contribution in [0.15, 0.2) is 4.52 Å². The smallest absolute Gasteiger partial charge is 0.243 e. The van der Waals surface area contributed by atoms with Gasteiger partial charge in [-0.3, -0.25) is 14.7 Å². The van der Waals surface area contributed by atoms with Crippen LogP contribution in [-0.4, -0.2) is 89.9 Å². The van der Waals surface area contributed by atoms with E-state index in [2.05, 4.69) is 38.7 Å². The zero-order valence-electron chi connectivity index (χ0n) is 15.6. The van der Waals surface area contributed by atoms with Crippen molar-refractivity contribution < 1.29 is 9.26 Å². The van der Waals surface area contributed by atoms with Gasteiger partial charge in [-0.25, -0.2) is 0 Å². The van der Waals surface area contributed by atoms with Gasteiger partial charge in [0.25, 0.3) is 0 Å². The van der Waals surface area contributed by atoms with Crippen LogP contribution >= 0.6 is 0 Å². The number of hydrogen-bond donors (Lipinski definition) is 0. The molecule has 1 aromatic rings. The molecule has 140 valence electrons. The number of nitrogens with zero attached hydrogens (tertiary/aromatic N) is 5. The molecule has 0 spiro atoms. The highest BCUT2D eigenvalue weighted by Gasteiger charge is 2.32. The maximum absolute atomic E-state index is 5.96. The molecular weight excluding hydrogens is 318 g/mol. The zero-order chi connectivity index (χ0) is 17.2. The van der Waals surface area contributed by atoms with E-state index in [1.807, 2.05) is 0 Å². The second-order valence-corrected chi connectivity index (χ2v) is 7.66. The van der Waals surface area contributed by atoms with Crippen LogP contribution in [-0.2, 0) is 4.74 Å². The second-order valence-electron chi connectivity index (χ2n) is 7.66. The summed E-state index contributed by atoms with van der Waals surface area (Å²) in [6.45, 7) is 13.9. The quantitative estimate of drug-likeness (QED) is 0.768. The molecule has 1 saturated carbocycles. The lowest BCUT2D eigenvalue weighted by Gasteiger charge is -2.40. The predicted octanol–water partition coefficient (Wildman–Crippen LogP) is 1.35. The Morgan fingerprint density at radius 2 is 1.92 bits per heavy atom. The SMILES string of the molecule is CCN1CCO[C@H](CN2CCN([C@@H](C)c3nc(C4CC4)no3)CC2)C1. The van der Waals surface area contributed by atoms with Gasteiger partial charge >= 0.3 is 0 Å². The van der Waals surface area contributed by atoms with E-state index < -0.39 is 0 Å². The molecule has 2 aliphatic heterocycles. The average molecular weight is 349 g/mol. The van der Waals surface area contributed by atoms with Crippen molar-refractivity contribution in [2.45, 2.75) is 44.8 Å². The Bertz CT molecular complexity index is 553. The van der Waals surface area contributed by atoms with E-state index in [-0.39, 0.29) is 6.04 Å². The minimum Gasteiger partial charge on any atom is -0.374 e. The van der Waals surface area contributed by atoms with E-state index in [9.17, 15) is 0 Å². The first-order chi connectivity index (χ1) is 12.2. The minimum absolute atomic E-state index is 0.212. The summed E-state index contributed by atoms with van der Waals surface area (Å²) in [5.41, 5.74) is 0. The lowest BCUT2D eigenvalue weighted by Crippen LogP contribution is -2.52. The van der Waals surface area contributed by atoms with Gasteiger partial charge in [0.2, 0.25) is 5.89 Å². The highest BCUT2D eigenvalue weighted by atomic mass is 16.5. The Labute approximate surface area is 150 Å². The highest BCUT2D eigenvalue weighted by Crippen LogP contribution is 2.38. The minimum atomic E-state index is 0.212. The van der Waals surface area contributed by atoms with Crippen LogP contribution in [0.5, 0.6) is 0 Å². The Balaban J connectivity index is 1.24. The summed E-state index contributed by atoms with van der Waals surface area (Å²) in [4.78, 5) is 12.1. The summed E-state index contributed by atoms with van der Waals surface area (Å²) in [5.74, 6) is 2.25. The molecule has 7 nitrogen and oxygen atoms in total. The van der Waals surface area contributed by atoms with Gasteiger partial charge in [-0.2, -0.15) is 4.98 Å². The molecule has 1 aliphatic carbocycles. The number of likely N-dealkylation sites (N-methyl/N-ethyl adjacent to an activating group) is 1. The summed E-state index contributed by atoms with van der Waals surface area (Å²) in [7, 11) is 0. The average Bonchev–Trinajstić information content (AvgIpc) is 3.39. The second kappa shape index (κ2) is 7.70. The largest absolute Gasteiger partial charge is 0.374 e. The van der Waals surface area contributed by atoms with Gasteiger partial charge in [0.1, 0.15) is 0 Å². The predicted molar refractivity (Wildman–Crippen MR) is 94.6 cm³/mol. The highest BCUT2D eigenvalue weighted by molar-refractivity contribution is 5.04. The third-order valence-corrected chi connectivity index (χ3v) is 5.84. The van der Waals surface area contributed by atoms with Crippen molar-refractivity contribution in [3.63, 3.8) is 0 Å². The molecule has 0 aromatic carbocycles. The lowest BCUT2D eigenvalue weighted by atomic mass is 10.2. The van der Waals surface area contributed by atoms with E-state index in [4.69, 9.17) is 9.26 Å². The number of morpholine rings is 1. The summed E-state index contributed by atoms with van der Waals surface area (Å²) in [6, 6.07) is 0.212. The van der Waals surface area contributed by atoms with Crippen molar-refractivity contribution in [2.75, 3.05) is 59.0 Å². The number of piperazine rings is 1. The van der Waals surface area contributed by atoms with Gasteiger partial charge in [0, 0.05) is 51.7 Å². The standard InChI is InChI=1S/C18H31N5O2/c1-3-21-10-11-24-16(12-21)13-22-6-8-23(9-7-22)14(2)18-19-17(20-25-18)15-4-5-15/h14-16H,3-13H2,1-2H3/t14-,16-/m0/s1. The molecule has 2 atom stereocenters. The normalized spacial score (nSPS) is 28.3. The van der Waals surface area contributed by atoms with E-state index in [1.54, 1.807) is 0 Å². The lowest BCUT2D eigenvalue weighted by molar-refractivity contribution is -0.0485. The molecule has 7 heteroatoms. The molecule has 4 rings (SSSR count). The molecular formula is C18H31N5O2. The Morgan fingerprint density at radius 3 is 2.64 bits per heavy atom. The topological polar surface area (TPSA) is 57.9 Å². The van der Waals surface area contributed by atoms with Crippen molar-refractivity contribution in [3.05, 3.63) is 11.7 Å². The van der Waals surface area contributed by atoms with Crippen LogP contribution in [0.1, 0.15) is 50.4 Å². The summed E-state index contributed by atoms with van der Waals surface area (Å²) < 4.78 is 11.5. The fourth-order valence-electron chi connectivity index (χ4n) is 3.88. The summed E-state index contributed by atoms with van der Waals surface area (Å²) in [5, 5.41) is 4.16. The van der Waals surface area contributed by atoms with Crippen molar-refractivity contribution in [2.24, 2.45) is 0 Å². The Hall–Kier alpha value is -1.02. The van der Waals surface area contributed by atoms with Crippen LogP contribution in [0.3, 0.4) is 0 Å². The molecule has 3 aliphatic rings. The van der Waals surface area contributed by atoms with Crippen LogP contribution in [0.2, 0.25) is 0 Å². The number of rotatable bonds is 6. The molecule has 3 fully saturated rings. The van der Waals surface area contributed by atoms with Crippen molar-refractivity contribution in [1.82, 2.24) is 24.8 Å². The first-order valence-corrected chi connectivity index (χ1v) is 9.86. The van der Waals surface area contributed by atoms with Gasteiger partial charge in [-0.1, -0.05) is 12.1 Å². The summed E-state index contributed by atoms with van der Waals surface area (Å²) >= 11 is 0. The Kier molecular flexibility index (Phi) is 5.36. The van der Waals surface area contributed by atoms with Crippen molar-refractivity contribution in [3.8, 4) is 0 Å². The van der Waals surface area contributed by atoms with Crippen LogP contribution in [0.4, 0.5) is 0 Å². The molecule has 0 amide bonds. The van der Waals surface area contributed by atoms with Crippen LogP contribution in [0, 0.1) is 0 Å². The van der Waals surface area contributed by atoms with Gasteiger partial charge in [0.15, 0.2) is 5.82 Å². The maximum Gasteiger partial charge on any atom is 0.243 e. The zero-order valence-corrected chi connectivity index (χ0v) is 15.6. The monoisotopic (exact) mass is 349 g/mol. The van der Waals surface area contributed by atoms with Gasteiger partial charge in [-0.05, 0) is 26.3 Å². The maximum atomic E-state index is 5.96. The molecule has 0 radical (unpaired) electrons. The third-order valence-electron chi connectivity index (χ3n) is 5.84. The Morgan fingerprint density at radius 1 is 1.12 bits per heavy atom. The fourth-order valence-corrected chi connectivity index (χ4v) is 3.88. The van der Waals surface area contributed by atoms with Crippen molar-refractivity contribution >= 4 is 0 Å². The molecule has 0 bridgehead atoms. The molecule has 0 unspecified atom stereocenters. The molecule has 1 aromatic heterocycles. The van der Waals surface area contributed by atoms with Crippen molar-refractivity contribution in [1.29, 1.82) is 0 Å². The van der Waals surface area contributed by atoms with E-state index in [1.165, 1.54) is 12.8 Å². The first-order valence-electron chi connectivity index (χ1n) is 9.86. The molecule has 2 saturated heterocycles. The van der Waals surface area contributed by atoms with E-state index >= 15 is 0 Å². The van der Waals surface area contributed by atoms with Crippen LogP contribution < -0.4 is 0 Å². The van der Waals surface area contributed by atoms with Gasteiger partial charge in [-0.15, -0.1) is 0 Å². The number of hydrogen-bond acceptors (Lipinski definition) is 7. The van der Waals surface area contributed by atoms with E-state index in [0.717, 1.165) is 70.7 Å². The molecule has 3 heterocycles. The van der Waals surface area contributed by atoms with E-state index in [0.29, 0.717) is 12.0 Å². The van der Waals surface area contributed by atoms with Gasteiger partial charge < -0.3 is 9.26 Å². The van der Waals surface area contributed by atoms with Gasteiger partial charge in [0.05, 0.1) is 18.8 Å². The third kappa shape index (κ3) is 4.22. The molecule has 0 N–H and O–H groups in total. The molecule has 25 heavy (non-hydrogen) atoms. The summed E-state index contributed by atoms with van der Waals surface area (Å²) in [6.07, 6.45) is 2.78. The number of ether oxygens (including phenoxy) is 1. The fraction of sp³-hybridized carbons (Fsp3) is 0.889. The van der Waals surface area contributed by atoms with Crippen LogP contribution in [0.25, 0.3) is 0 Å². The number of aromatic nitrogens is 2. The first kappa shape index (κ1) is 17.4.